The second-order valence-electron chi connectivity index (χ2n) is 5.51. The Balaban J connectivity index is 1.83. The standard InChI is InChI=1S/C13H23N3O2/c1-9(17)16-7-6-10(8-16)13(18)15-12-5-3-2-4-11(12)14/h10-12H,2-8,14H2,1H3,(H,15,18)/t10-,11-,12-/m1/s1. The van der Waals surface area contributed by atoms with Crippen LogP contribution in [-0.2, 0) is 9.59 Å². The topological polar surface area (TPSA) is 75.4 Å². The van der Waals surface area contributed by atoms with Gasteiger partial charge in [-0.05, 0) is 19.3 Å². The molecule has 102 valence electrons. The smallest absolute Gasteiger partial charge is 0.225 e. The number of nitrogens with zero attached hydrogens (tertiary/aromatic N) is 1. The molecule has 5 heteroatoms. The van der Waals surface area contributed by atoms with Gasteiger partial charge >= 0.3 is 0 Å². The van der Waals surface area contributed by atoms with E-state index in [1.54, 1.807) is 11.8 Å². The highest BCUT2D eigenvalue weighted by Crippen LogP contribution is 2.20. The summed E-state index contributed by atoms with van der Waals surface area (Å²) in [6, 6.07) is 0.214. The first-order valence-corrected chi connectivity index (χ1v) is 6.89. The van der Waals surface area contributed by atoms with Crippen molar-refractivity contribution in [3.8, 4) is 0 Å². The third kappa shape index (κ3) is 3.02. The molecule has 0 aromatic heterocycles. The van der Waals surface area contributed by atoms with Crippen LogP contribution in [0.1, 0.15) is 39.0 Å². The van der Waals surface area contributed by atoms with E-state index in [1.807, 2.05) is 0 Å². The van der Waals surface area contributed by atoms with Gasteiger partial charge in [0.05, 0.1) is 5.92 Å². The Morgan fingerprint density at radius 1 is 1.22 bits per heavy atom. The summed E-state index contributed by atoms with van der Waals surface area (Å²) in [6.07, 6.45) is 5.05. The van der Waals surface area contributed by atoms with Crippen molar-refractivity contribution < 1.29 is 9.59 Å². The Morgan fingerprint density at radius 3 is 2.56 bits per heavy atom. The van der Waals surface area contributed by atoms with Crippen molar-refractivity contribution in [2.24, 2.45) is 11.7 Å². The molecule has 2 fully saturated rings. The molecule has 5 nitrogen and oxygen atoms in total. The van der Waals surface area contributed by atoms with Gasteiger partial charge in [0.25, 0.3) is 0 Å². The van der Waals surface area contributed by atoms with E-state index in [2.05, 4.69) is 5.32 Å². The zero-order chi connectivity index (χ0) is 13.1. The molecule has 2 rings (SSSR count). The van der Waals surface area contributed by atoms with Crippen LogP contribution in [0.2, 0.25) is 0 Å². The predicted molar refractivity (Wildman–Crippen MR) is 68.7 cm³/mol. The van der Waals surface area contributed by atoms with Crippen LogP contribution >= 0.6 is 0 Å². The zero-order valence-electron chi connectivity index (χ0n) is 11.0. The Bertz CT molecular complexity index is 332. The van der Waals surface area contributed by atoms with Crippen LogP contribution in [0.3, 0.4) is 0 Å². The summed E-state index contributed by atoms with van der Waals surface area (Å²) < 4.78 is 0. The lowest BCUT2D eigenvalue weighted by molar-refractivity contribution is -0.128. The monoisotopic (exact) mass is 253 g/mol. The maximum atomic E-state index is 12.1. The highest BCUT2D eigenvalue weighted by Gasteiger charge is 2.32. The molecule has 0 spiro atoms. The highest BCUT2D eigenvalue weighted by molar-refractivity contribution is 5.81. The van der Waals surface area contributed by atoms with Crippen LogP contribution in [0.15, 0.2) is 0 Å². The first-order valence-electron chi connectivity index (χ1n) is 6.89. The molecule has 3 atom stereocenters. The Morgan fingerprint density at radius 2 is 1.94 bits per heavy atom. The van der Waals surface area contributed by atoms with Crippen LogP contribution in [-0.4, -0.2) is 41.9 Å². The van der Waals surface area contributed by atoms with Crippen molar-refractivity contribution in [1.82, 2.24) is 10.2 Å². The number of nitrogens with one attached hydrogen (secondary N) is 1. The van der Waals surface area contributed by atoms with Crippen LogP contribution < -0.4 is 11.1 Å². The summed E-state index contributed by atoms with van der Waals surface area (Å²) in [7, 11) is 0. The molecule has 0 unspecified atom stereocenters. The van der Waals surface area contributed by atoms with E-state index in [9.17, 15) is 9.59 Å². The number of rotatable bonds is 2. The maximum Gasteiger partial charge on any atom is 0.225 e. The van der Waals surface area contributed by atoms with Crippen LogP contribution in [0.4, 0.5) is 0 Å². The summed E-state index contributed by atoms with van der Waals surface area (Å²) >= 11 is 0. The molecule has 1 saturated heterocycles. The molecule has 3 N–H and O–H groups in total. The van der Waals surface area contributed by atoms with Crippen LogP contribution in [0.25, 0.3) is 0 Å². The maximum absolute atomic E-state index is 12.1. The zero-order valence-corrected chi connectivity index (χ0v) is 11.0. The molecule has 0 radical (unpaired) electrons. The minimum atomic E-state index is -0.0528. The highest BCUT2D eigenvalue weighted by atomic mass is 16.2. The van der Waals surface area contributed by atoms with Crippen molar-refractivity contribution in [2.75, 3.05) is 13.1 Å². The van der Waals surface area contributed by atoms with Gasteiger partial charge in [0, 0.05) is 32.1 Å². The fourth-order valence-electron chi connectivity index (χ4n) is 2.90. The van der Waals surface area contributed by atoms with Crippen LogP contribution in [0, 0.1) is 5.92 Å². The van der Waals surface area contributed by atoms with Crippen molar-refractivity contribution in [3.63, 3.8) is 0 Å². The van der Waals surface area contributed by atoms with Gasteiger partial charge in [-0.1, -0.05) is 12.8 Å². The summed E-state index contributed by atoms with van der Waals surface area (Å²) in [4.78, 5) is 25.1. The summed E-state index contributed by atoms with van der Waals surface area (Å²) in [5.74, 6) is 0.0730. The third-order valence-corrected chi connectivity index (χ3v) is 4.15. The summed E-state index contributed by atoms with van der Waals surface area (Å²) in [5.41, 5.74) is 6.02. The molecular weight excluding hydrogens is 230 g/mol. The summed E-state index contributed by atoms with van der Waals surface area (Å²) in [6.45, 7) is 2.81. The van der Waals surface area contributed by atoms with Gasteiger partial charge in [0.2, 0.25) is 11.8 Å². The van der Waals surface area contributed by atoms with Gasteiger partial charge in [-0.3, -0.25) is 9.59 Å². The van der Waals surface area contributed by atoms with Crippen LogP contribution in [0.5, 0.6) is 0 Å². The lowest BCUT2D eigenvalue weighted by atomic mass is 9.90. The van der Waals surface area contributed by atoms with E-state index in [4.69, 9.17) is 5.73 Å². The minimum absolute atomic E-state index is 0.0528. The quantitative estimate of drug-likeness (QED) is 0.740. The molecule has 18 heavy (non-hydrogen) atoms. The van der Waals surface area contributed by atoms with Gasteiger partial charge < -0.3 is 16.0 Å². The average molecular weight is 253 g/mol. The third-order valence-electron chi connectivity index (χ3n) is 4.15. The molecule has 0 bridgehead atoms. The van der Waals surface area contributed by atoms with E-state index in [1.165, 1.54) is 0 Å². The van der Waals surface area contributed by atoms with E-state index in [0.717, 1.165) is 32.1 Å². The second kappa shape index (κ2) is 5.69. The van der Waals surface area contributed by atoms with Crippen molar-refractivity contribution in [2.45, 2.75) is 51.1 Å². The number of hydrogen-bond acceptors (Lipinski definition) is 3. The normalized spacial score (nSPS) is 32.3. The van der Waals surface area contributed by atoms with Crippen molar-refractivity contribution in [3.05, 3.63) is 0 Å². The van der Waals surface area contributed by atoms with Gasteiger partial charge in [-0.15, -0.1) is 0 Å². The molecule has 1 aliphatic heterocycles. The fraction of sp³-hybridized carbons (Fsp3) is 0.846. The first kappa shape index (κ1) is 13.3. The van der Waals surface area contributed by atoms with E-state index in [-0.39, 0.29) is 29.8 Å². The van der Waals surface area contributed by atoms with Gasteiger partial charge in [0.15, 0.2) is 0 Å². The molecule has 0 aromatic carbocycles. The van der Waals surface area contributed by atoms with Crippen molar-refractivity contribution >= 4 is 11.8 Å². The number of amides is 2. The minimum Gasteiger partial charge on any atom is -0.352 e. The predicted octanol–water partition coefficient (Wildman–Crippen LogP) is 0.241. The lowest BCUT2D eigenvalue weighted by Crippen LogP contribution is -2.51. The molecular formula is C13H23N3O2. The second-order valence-corrected chi connectivity index (χ2v) is 5.51. The molecule has 2 amide bonds. The average Bonchev–Trinajstić information content (AvgIpc) is 2.81. The number of carbonyl (C=O) groups excluding carboxylic acids is 2. The fourth-order valence-corrected chi connectivity index (χ4v) is 2.90. The van der Waals surface area contributed by atoms with Crippen molar-refractivity contribution in [1.29, 1.82) is 0 Å². The van der Waals surface area contributed by atoms with Gasteiger partial charge in [-0.2, -0.15) is 0 Å². The largest absolute Gasteiger partial charge is 0.352 e. The Kier molecular flexibility index (Phi) is 4.22. The molecule has 1 saturated carbocycles. The number of nitrogens with two attached hydrogens (primary N) is 1. The van der Waals surface area contributed by atoms with E-state index in [0.29, 0.717) is 13.1 Å². The molecule has 0 aromatic rings. The first-order chi connectivity index (χ1) is 8.58. The van der Waals surface area contributed by atoms with Gasteiger partial charge in [0.1, 0.15) is 0 Å². The number of carbonyl (C=O) groups is 2. The lowest BCUT2D eigenvalue weighted by Gasteiger charge is -2.30. The van der Waals surface area contributed by atoms with E-state index >= 15 is 0 Å². The number of likely N-dealkylation sites (tertiary alicyclic amines) is 1. The summed E-state index contributed by atoms with van der Waals surface area (Å²) in [5, 5.41) is 3.07. The Labute approximate surface area is 108 Å². The Hall–Kier alpha value is -1.10. The van der Waals surface area contributed by atoms with Gasteiger partial charge in [-0.25, -0.2) is 0 Å². The van der Waals surface area contributed by atoms with E-state index < -0.39 is 0 Å². The molecule has 1 heterocycles. The number of hydrogen-bond donors (Lipinski definition) is 2. The molecule has 1 aliphatic carbocycles. The molecule has 2 aliphatic rings. The SMILES string of the molecule is CC(=O)N1CC[C@@H](C(=O)N[C@@H]2CCCC[C@H]2N)C1.